The van der Waals surface area contributed by atoms with Crippen molar-refractivity contribution in [1.82, 2.24) is 25.0 Å². The largest absolute Gasteiger partial charge is 0.335 e. The molecule has 1 aromatic carbocycles. The van der Waals surface area contributed by atoms with Crippen molar-refractivity contribution in [3.05, 3.63) is 59.9 Å². The van der Waals surface area contributed by atoms with E-state index in [-0.39, 0.29) is 43.5 Å². The van der Waals surface area contributed by atoms with Crippen molar-refractivity contribution in [3.63, 3.8) is 0 Å². The van der Waals surface area contributed by atoms with Crippen LogP contribution in [0.5, 0.6) is 0 Å². The second kappa shape index (κ2) is 10.3. The van der Waals surface area contributed by atoms with E-state index < -0.39 is 10.2 Å². The van der Waals surface area contributed by atoms with Crippen molar-refractivity contribution < 1.29 is 18.0 Å². The van der Waals surface area contributed by atoms with E-state index in [1.807, 2.05) is 13.8 Å². The third-order valence-electron chi connectivity index (χ3n) is 5.57. The molecule has 2 aromatic rings. The Kier molecular flexibility index (Phi) is 7.67. The lowest BCUT2D eigenvalue weighted by atomic mass is 10.1. The van der Waals surface area contributed by atoms with Crippen LogP contribution >= 0.6 is 0 Å². The Hall–Kier alpha value is -3.02. The first-order valence-electron chi connectivity index (χ1n) is 10.7. The van der Waals surface area contributed by atoms with E-state index in [4.69, 9.17) is 0 Å². The molecule has 3 rings (SSSR count). The summed E-state index contributed by atoms with van der Waals surface area (Å²) in [6.45, 7) is 5.67. The minimum atomic E-state index is -3.93. The van der Waals surface area contributed by atoms with Gasteiger partial charge in [-0.25, -0.2) is 5.43 Å². The Balaban J connectivity index is 1.90. The van der Waals surface area contributed by atoms with Crippen LogP contribution in [0, 0.1) is 0 Å². The monoisotopic (exact) mass is 474 g/mol. The molecule has 178 valence electrons. The number of anilines is 1. The summed E-state index contributed by atoms with van der Waals surface area (Å²) >= 11 is 0. The number of rotatable bonds is 7. The number of carbonyl (C=O) groups excluding carboxylic acids is 2. The second-order valence-corrected chi connectivity index (χ2v) is 9.92. The molecule has 33 heavy (non-hydrogen) atoms. The maximum absolute atomic E-state index is 13.8. The van der Waals surface area contributed by atoms with Crippen LogP contribution in [-0.4, -0.2) is 66.6 Å². The molecule has 1 saturated heterocycles. The van der Waals surface area contributed by atoms with Gasteiger partial charge in [0.05, 0.1) is 18.4 Å². The number of carbonyl (C=O) groups is 2. The highest BCUT2D eigenvalue weighted by atomic mass is 32.2. The van der Waals surface area contributed by atoms with E-state index in [0.29, 0.717) is 16.8 Å². The Labute approximate surface area is 194 Å². The van der Waals surface area contributed by atoms with Crippen LogP contribution in [0.4, 0.5) is 5.69 Å². The van der Waals surface area contributed by atoms with Gasteiger partial charge in [0, 0.05) is 50.9 Å². The van der Waals surface area contributed by atoms with Crippen LogP contribution in [0.15, 0.2) is 48.8 Å². The first kappa shape index (κ1) is 24.6. The third-order valence-corrected chi connectivity index (χ3v) is 7.42. The number of hydrazine groups is 1. The van der Waals surface area contributed by atoms with Crippen molar-refractivity contribution in [1.29, 1.82) is 0 Å². The summed E-state index contributed by atoms with van der Waals surface area (Å²) in [5.74, 6) is -0.356. The molecule has 11 heteroatoms. The number of nitrogens with one attached hydrogen (secondary N) is 2. The quantitative estimate of drug-likeness (QED) is 0.582. The SMILES string of the molecule is CNNC(=O)c1ccc(CN(c2cccnc2)S(=O)(=O)N2C[C@@H](C)N(C(C)=O)[C@@H](C)C2)cc1. The summed E-state index contributed by atoms with van der Waals surface area (Å²) in [5, 5.41) is 0. The Bertz CT molecular complexity index is 1070. The van der Waals surface area contributed by atoms with Crippen molar-refractivity contribution in [2.45, 2.75) is 39.4 Å². The molecule has 1 aromatic heterocycles. The van der Waals surface area contributed by atoms with Crippen molar-refractivity contribution in [2.24, 2.45) is 0 Å². The highest BCUT2D eigenvalue weighted by molar-refractivity contribution is 7.90. The minimum absolute atomic E-state index is 0.0671. The summed E-state index contributed by atoms with van der Waals surface area (Å²) in [6, 6.07) is 9.62. The zero-order valence-electron chi connectivity index (χ0n) is 19.2. The molecule has 1 aliphatic rings. The van der Waals surface area contributed by atoms with Gasteiger partial charge in [-0.2, -0.15) is 12.7 Å². The smallest absolute Gasteiger partial charge is 0.304 e. The number of hydrogen-bond acceptors (Lipinski definition) is 6. The molecule has 2 N–H and O–H groups in total. The number of nitrogens with zero attached hydrogens (tertiary/aromatic N) is 4. The molecule has 0 saturated carbocycles. The molecular formula is C22H30N6O4S. The summed E-state index contributed by atoms with van der Waals surface area (Å²) in [5.41, 5.74) is 6.68. The molecule has 10 nitrogen and oxygen atoms in total. The average Bonchev–Trinajstić information content (AvgIpc) is 2.77. The fourth-order valence-corrected chi connectivity index (χ4v) is 5.92. The predicted molar refractivity (Wildman–Crippen MR) is 125 cm³/mol. The van der Waals surface area contributed by atoms with Crippen molar-refractivity contribution in [3.8, 4) is 0 Å². The van der Waals surface area contributed by atoms with Gasteiger partial charge >= 0.3 is 10.2 Å². The predicted octanol–water partition coefficient (Wildman–Crippen LogP) is 1.14. The number of aromatic nitrogens is 1. The van der Waals surface area contributed by atoms with E-state index in [0.717, 1.165) is 0 Å². The molecule has 2 amide bonds. The lowest BCUT2D eigenvalue weighted by Crippen LogP contribution is -2.61. The normalized spacial score (nSPS) is 19.2. The van der Waals surface area contributed by atoms with Crippen LogP contribution < -0.4 is 15.2 Å². The van der Waals surface area contributed by atoms with E-state index >= 15 is 0 Å². The average molecular weight is 475 g/mol. The highest BCUT2D eigenvalue weighted by Crippen LogP contribution is 2.26. The lowest BCUT2D eigenvalue weighted by Gasteiger charge is -2.44. The first-order valence-corrected chi connectivity index (χ1v) is 12.1. The first-order chi connectivity index (χ1) is 15.6. The van der Waals surface area contributed by atoms with Gasteiger partial charge in [0.2, 0.25) is 5.91 Å². The van der Waals surface area contributed by atoms with E-state index in [2.05, 4.69) is 15.8 Å². The third kappa shape index (κ3) is 5.49. The van der Waals surface area contributed by atoms with Gasteiger partial charge < -0.3 is 4.90 Å². The Morgan fingerprint density at radius 1 is 1.12 bits per heavy atom. The van der Waals surface area contributed by atoms with Gasteiger partial charge in [0.1, 0.15) is 0 Å². The molecule has 0 radical (unpaired) electrons. The Morgan fingerprint density at radius 2 is 1.76 bits per heavy atom. The van der Waals surface area contributed by atoms with Crippen LogP contribution in [-0.2, 0) is 21.5 Å². The van der Waals surface area contributed by atoms with Gasteiger partial charge in [-0.15, -0.1) is 0 Å². The highest BCUT2D eigenvalue weighted by Gasteiger charge is 2.39. The maximum atomic E-state index is 13.8. The van der Waals surface area contributed by atoms with Gasteiger partial charge in [0.25, 0.3) is 5.91 Å². The van der Waals surface area contributed by atoms with E-state index in [1.54, 1.807) is 54.5 Å². The zero-order valence-corrected chi connectivity index (χ0v) is 20.0. The molecule has 1 aliphatic heterocycles. The zero-order chi connectivity index (χ0) is 24.2. The Morgan fingerprint density at radius 3 is 2.27 bits per heavy atom. The van der Waals surface area contributed by atoms with Gasteiger partial charge in [-0.05, 0) is 43.7 Å². The van der Waals surface area contributed by atoms with E-state index in [9.17, 15) is 18.0 Å². The fraction of sp³-hybridized carbons (Fsp3) is 0.409. The maximum Gasteiger partial charge on any atom is 0.304 e. The molecule has 2 heterocycles. The van der Waals surface area contributed by atoms with Crippen LogP contribution in [0.3, 0.4) is 0 Å². The standard InChI is InChI=1S/C22H30N6O4S/c1-16-13-26(14-17(2)28(16)18(3)29)33(31,32)27(21-6-5-11-24-12-21)15-19-7-9-20(10-8-19)22(30)25-23-4/h5-12,16-17,23H,13-15H2,1-4H3,(H,25,30)/t16-,17+. The molecule has 2 atom stereocenters. The minimum Gasteiger partial charge on any atom is -0.335 e. The second-order valence-electron chi connectivity index (χ2n) is 8.07. The molecule has 0 aliphatic carbocycles. The van der Waals surface area contributed by atoms with Crippen molar-refractivity contribution in [2.75, 3.05) is 24.4 Å². The topological polar surface area (TPSA) is 115 Å². The molecular weight excluding hydrogens is 444 g/mol. The van der Waals surface area contributed by atoms with Gasteiger partial charge in [-0.1, -0.05) is 12.1 Å². The number of benzene rings is 1. The number of piperazine rings is 1. The van der Waals surface area contributed by atoms with Gasteiger partial charge in [0.15, 0.2) is 0 Å². The number of amides is 2. The van der Waals surface area contributed by atoms with E-state index in [1.165, 1.54) is 21.7 Å². The molecule has 0 spiro atoms. The molecule has 0 unspecified atom stereocenters. The molecule has 1 fully saturated rings. The van der Waals surface area contributed by atoms with Crippen LogP contribution in [0.25, 0.3) is 0 Å². The summed E-state index contributed by atoms with van der Waals surface area (Å²) in [6.07, 6.45) is 3.09. The van der Waals surface area contributed by atoms with Crippen molar-refractivity contribution >= 4 is 27.7 Å². The molecule has 0 bridgehead atoms. The summed E-state index contributed by atoms with van der Waals surface area (Å²) in [4.78, 5) is 29.8. The lowest BCUT2D eigenvalue weighted by molar-refractivity contribution is -0.135. The fourth-order valence-electron chi connectivity index (χ4n) is 4.14. The number of hydrogen-bond donors (Lipinski definition) is 2. The summed E-state index contributed by atoms with van der Waals surface area (Å²) < 4.78 is 30.3. The van der Waals surface area contributed by atoms with Crippen LogP contribution in [0.1, 0.15) is 36.7 Å². The summed E-state index contributed by atoms with van der Waals surface area (Å²) in [7, 11) is -2.33. The van der Waals surface area contributed by atoms with Gasteiger partial charge in [-0.3, -0.25) is 24.3 Å². The van der Waals surface area contributed by atoms with Crippen LogP contribution in [0.2, 0.25) is 0 Å². The number of pyridine rings is 1.